The van der Waals surface area contributed by atoms with Crippen LogP contribution in [0.2, 0.25) is 0 Å². The van der Waals surface area contributed by atoms with Crippen molar-refractivity contribution in [1.29, 1.82) is 0 Å². The molecule has 1 unspecified atom stereocenters. The summed E-state index contributed by atoms with van der Waals surface area (Å²) in [6.45, 7) is 5.19. The number of nitro groups is 1. The molecule has 0 spiro atoms. The topological polar surface area (TPSA) is 98.5 Å². The summed E-state index contributed by atoms with van der Waals surface area (Å²) in [4.78, 5) is 34.0. The Morgan fingerprint density at radius 1 is 1.29 bits per heavy atom. The van der Waals surface area contributed by atoms with Crippen molar-refractivity contribution in [3.8, 4) is 0 Å². The van der Waals surface area contributed by atoms with Gasteiger partial charge < -0.3 is 10.1 Å². The number of nitro benzene ring substituents is 1. The number of hydrogen-bond donors (Lipinski definition) is 1. The highest BCUT2D eigenvalue weighted by molar-refractivity contribution is 5.97. The highest BCUT2D eigenvalue weighted by atomic mass is 16.6. The molecule has 1 rings (SSSR count). The first kappa shape index (κ1) is 16.6. The molecule has 0 saturated carbocycles. The minimum atomic E-state index is -0.804. The van der Waals surface area contributed by atoms with E-state index in [0.717, 1.165) is 0 Å². The van der Waals surface area contributed by atoms with Gasteiger partial charge in [-0.2, -0.15) is 0 Å². The number of ether oxygens (including phenoxy) is 1. The van der Waals surface area contributed by atoms with Crippen LogP contribution in [-0.2, 0) is 9.53 Å². The Bertz CT molecular complexity index is 568. The maximum atomic E-state index is 12.2. The Labute approximate surface area is 122 Å². The number of carbonyl (C=O) groups excluding carboxylic acids is 2. The third-order valence-electron chi connectivity index (χ3n) is 2.94. The first-order valence-corrected chi connectivity index (χ1v) is 6.41. The molecule has 0 aromatic heterocycles. The molecule has 7 heteroatoms. The van der Waals surface area contributed by atoms with Gasteiger partial charge in [-0.1, -0.05) is 13.8 Å². The Morgan fingerprint density at radius 2 is 1.90 bits per heavy atom. The second-order valence-corrected chi connectivity index (χ2v) is 5.03. The van der Waals surface area contributed by atoms with E-state index in [2.05, 4.69) is 10.1 Å². The molecule has 0 fully saturated rings. The summed E-state index contributed by atoms with van der Waals surface area (Å²) in [5.41, 5.74) is 0.559. The lowest BCUT2D eigenvalue weighted by molar-refractivity contribution is -0.384. The van der Waals surface area contributed by atoms with Gasteiger partial charge in [0.2, 0.25) is 0 Å². The van der Waals surface area contributed by atoms with Gasteiger partial charge in [-0.25, -0.2) is 4.79 Å². The summed E-state index contributed by atoms with van der Waals surface area (Å²) in [5, 5.41) is 13.4. The second-order valence-electron chi connectivity index (χ2n) is 5.03. The van der Waals surface area contributed by atoms with Crippen molar-refractivity contribution in [2.24, 2.45) is 5.92 Å². The predicted octanol–water partition coefficient (Wildman–Crippen LogP) is 1.83. The Balaban J connectivity index is 3.03. The van der Waals surface area contributed by atoms with Crippen molar-refractivity contribution in [1.82, 2.24) is 5.32 Å². The van der Waals surface area contributed by atoms with Gasteiger partial charge in [0.15, 0.2) is 0 Å². The number of nitrogens with one attached hydrogen (secondary N) is 1. The Hall–Kier alpha value is -2.44. The third-order valence-corrected chi connectivity index (χ3v) is 2.94. The largest absolute Gasteiger partial charge is 0.467 e. The first-order chi connectivity index (χ1) is 9.76. The van der Waals surface area contributed by atoms with Gasteiger partial charge in [0.1, 0.15) is 6.04 Å². The van der Waals surface area contributed by atoms with Crippen molar-refractivity contribution in [2.75, 3.05) is 7.11 Å². The maximum absolute atomic E-state index is 12.2. The standard InChI is InChI=1S/C14H18N2O5/c1-8(2)12(14(18)21-4)15-13(17)10-5-9(3)6-11(7-10)16(19)20/h5-8,12H,1-4H3,(H,15,17). The van der Waals surface area contributed by atoms with Crippen molar-refractivity contribution in [3.05, 3.63) is 39.4 Å². The number of methoxy groups -OCH3 is 1. The van der Waals surface area contributed by atoms with Crippen LogP contribution in [0.25, 0.3) is 0 Å². The first-order valence-electron chi connectivity index (χ1n) is 6.41. The molecule has 1 atom stereocenters. The van der Waals surface area contributed by atoms with Gasteiger partial charge in [-0.05, 0) is 24.5 Å². The van der Waals surface area contributed by atoms with Gasteiger partial charge in [0, 0.05) is 17.7 Å². The minimum absolute atomic E-state index is 0.135. The summed E-state index contributed by atoms with van der Waals surface area (Å²) in [6.07, 6.45) is 0. The van der Waals surface area contributed by atoms with Gasteiger partial charge in [-0.3, -0.25) is 14.9 Å². The number of nitrogens with zero attached hydrogens (tertiary/aromatic N) is 1. The molecule has 0 heterocycles. The lowest BCUT2D eigenvalue weighted by Gasteiger charge is -2.19. The van der Waals surface area contributed by atoms with E-state index in [1.54, 1.807) is 20.8 Å². The van der Waals surface area contributed by atoms with Crippen LogP contribution in [0.3, 0.4) is 0 Å². The molecule has 21 heavy (non-hydrogen) atoms. The molecule has 0 aliphatic carbocycles. The monoisotopic (exact) mass is 294 g/mol. The fourth-order valence-electron chi connectivity index (χ4n) is 1.85. The average Bonchev–Trinajstić information content (AvgIpc) is 2.42. The van der Waals surface area contributed by atoms with Crippen LogP contribution in [0.4, 0.5) is 5.69 Å². The van der Waals surface area contributed by atoms with E-state index in [-0.39, 0.29) is 17.2 Å². The lowest BCUT2D eigenvalue weighted by atomic mass is 10.0. The van der Waals surface area contributed by atoms with Crippen molar-refractivity contribution >= 4 is 17.6 Å². The maximum Gasteiger partial charge on any atom is 0.328 e. The van der Waals surface area contributed by atoms with Gasteiger partial charge in [0.05, 0.1) is 12.0 Å². The highest BCUT2D eigenvalue weighted by Crippen LogP contribution is 2.17. The van der Waals surface area contributed by atoms with E-state index in [0.29, 0.717) is 5.56 Å². The van der Waals surface area contributed by atoms with Gasteiger partial charge in [0.25, 0.3) is 11.6 Å². The Kier molecular flexibility index (Phi) is 5.40. The third kappa shape index (κ3) is 4.27. The number of aryl methyl sites for hydroxylation is 1. The zero-order valence-electron chi connectivity index (χ0n) is 12.4. The molecule has 1 amide bonds. The molecule has 0 bridgehead atoms. The summed E-state index contributed by atoms with van der Waals surface area (Å²) < 4.78 is 4.63. The summed E-state index contributed by atoms with van der Waals surface area (Å²) in [6, 6.07) is 3.27. The van der Waals surface area contributed by atoms with Crippen LogP contribution in [0, 0.1) is 23.0 Å². The van der Waals surface area contributed by atoms with Crippen LogP contribution in [0.1, 0.15) is 29.8 Å². The van der Waals surface area contributed by atoms with Crippen LogP contribution >= 0.6 is 0 Å². The van der Waals surface area contributed by atoms with E-state index < -0.39 is 22.8 Å². The molecule has 1 N–H and O–H groups in total. The summed E-state index contributed by atoms with van der Waals surface area (Å²) in [7, 11) is 1.24. The molecule has 0 aliphatic heterocycles. The van der Waals surface area contributed by atoms with E-state index >= 15 is 0 Å². The Morgan fingerprint density at radius 3 is 2.38 bits per heavy atom. The molecule has 1 aromatic carbocycles. The van der Waals surface area contributed by atoms with Gasteiger partial charge in [-0.15, -0.1) is 0 Å². The van der Waals surface area contributed by atoms with Gasteiger partial charge >= 0.3 is 5.97 Å². The van der Waals surface area contributed by atoms with E-state index in [9.17, 15) is 19.7 Å². The second kappa shape index (κ2) is 6.83. The highest BCUT2D eigenvalue weighted by Gasteiger charge is 2.26. The fourth-order valence-corrected chi connectivity index (χ4v) is 1.85. The minimum Gasteiger partial charge on any atom is -0.467 e. The number of carbonyl (C=O) groups is 2. The molecule has 0 aliphatic rings. The van der Waals surface area contributed by atoms with E-state index in [1.165, 1.54) is 25.3 Å². The normalized spacial score (nSPS) is 11.9. The number of rotatable bonds is 5. The lowest BCUT2D eigenvalue weighted by Crippen LogP contribution is -2.45. The molecular formula is C14H18N2O5. The van der Waals surface area contributed by atoms with Crippen molar-refractivity contribution in [2.45, 2.75) is 26.8 Å². The summed E-state index contributed by atoms with van der Waals surface area (Å²) in [5.74, 6) is -1.27. The summed E-state index contributed by atoms with van der Waals surface area (Å²) >= 11 is 0. The predicted molar refractivity (Wildman–Crippen MR) is 75.9 cm³/mol. The zero-order valence-corrected chi connectivity index (χ0v) is 12.4. The molecular weight excluding hydrogens is 276 g/mol. The molecule has 114 valence electrons. The molecule has 0 radical (unpaired) electrons. The quantitative estimate of drug-likeness (QED) is 0.507. The molecule has 7 nitrogen and oxygen atoms in total. The van der Waals surface area contributed by atoms with Crippen molar-refractivity contribution in [3.63, 3.8) is 0 Å². The number of hydrogen-bond acceptors (Lipinski definition) is 5. The molecule has 0 saturated heterocycles. The van der Waals surface area contributed by atoms with E-state index in [1.807, 2.05) is 0 Å². The van der Waals surface area contributed by atoms with Crippen LogP contribution in [-0.4, -0.2) is 30.0 Å². The SMILES string of the molecule is COC(=O)C(NC(=O)c1cc(C)cc([N+](=O)[O-])c1)C(C)C. The fraction of sp³-hybridized carbons (Fsp3) is 0.429. The number of amides is 1. The van der Waals surface area contributed by atoms with Crippen LogP contribution in [0.5, 0.6) is 0 Å². The average molecular weight is 294 g/mol. The van der Waals surface area contributed by atoms with Crippen LogP contribution in [0.15, 0.2) is 18.2 Å². The van der Waals surface area contributed by atoms with Crippen LogP contribution < -0.4 is 5.32 Å². The van der Waals surface area contributed by atoms with E-state index in [4.69, 9.17) is 0 Å². The zero-order chi connectivity index (χ0) is 16.2. The number of non-ortho nitro benzene ring substituents is 1. The van der Waals surface area contributed by atoms with Crippen molar-refractivity contribution < 1.29 is 19.2 Å². The smallest absolute Gasteiger partial charge is 0.328 e. The number of esters is 1. The number of benzene rings is 1. The molecule has 1 aromatic rings.